The van der Waals surface area contributed by atoms with Crippen LogP contribution in [-0.2, 0) is 17.8 Å². The lowest BCUT2D eigenvalue weighted by Crippen LogP contribution is -2.49. The molecule has 150 valence electrons. The summed E-state index contributed by atoms with van der Waals surface area (Å²) >= 11 is 0. The molecular weight excluding hydrogens is 366 g/mol. The Labute approximate surface area is 170 Å². The van der Waals surface area contributed by atoms with Crippen molar-refractivity contribution >= 4 is 5.97 Å². The predicted molar refractivity (Wildman–Crippen MR) is 110 cm³/mol. The van der Waals surface area contributed by atoms with Gasteiger partial charge in [-0.3, -0.25) is 9.69 Å². The van der Waals surface area contributed by atoms with Crippen LogP contribution < -0.4 is 0 Å². The number of carbonyl (C=O) groups is 1. The number of nitrogens with zero attached hydrogens (tertiary/aromatic N) is 3. The second kappa shape index (κ2) is 8.17. The lowest BCUT2D eigenvalue weighted by molar-refractivity contribution is -0.147. The Balaban J connectivity index is 1.39. The van der Waals surface area contributed by atoms with Gasteiger partial charge < -0.3 is 9.63 Å². The van der Waals surface area contributed by atoms with E-state index in [1.807, 2.05) is 36.4 Å². The van der Waals surface area contributed by atoms with E-state index < -0.39 is 5.97 Å². The molecule has 0 saturated carbocycles. The van der Waals surface area contributed by atoms with Gasteiger partial charge >= 0.3 is 5.97 Å². The lowest BCUT2D eigenvalue weighted by atomic mass is 9.99. The molecule has 29 heavy (non-hydrogen) atoms. The van der Waals surface area contributed by atoms with E-state index in [0.717, 1.165) is 29.7 Å². The Morgan fingerprint density at radius 2 is 1.69 bits per heavy atom. The molecule has 1 aliphatic heterocycles. The Morgan fingerprint density at radius 1 is 1.07 bits per heavy atom. The third kappa shape index (κ3) is 4.54. The molecule has 1 fully saturated rings. The van der Waals surface area contributed by atoms with E-state index in [1.54, 1.807) is 0 Å². The number of carboxylic acids is 1. The maximum absolute atomic E-state index is 10.9. The van der Waals surface area contributed by atoms with Gasteiger partial charge in [-0.2, -0.15) is 4.98 Å². The Hall–Kier alpha value is -2.99. The van der Waals surface area contributed by atoms with Gasteiger partial charge in [0, 0.05) is 30.8 Å². The number of hydrogen-bond donors (Lipinski definition) is 1. The van der Waals surface area contributed by atoms with E-state index >= 15 is 0 Å². The van der Waals surface area contributed by atoms with Crippen LogP contribution in [0.1, 0.15) is 25.0 Å². The van der Waals surface area contributed by atoms with Gasteiger partial charge in [0.05, 0.1) is 5.92 Å². The Morgan fingerprint density at radius 3 is 2.31 bits per heavy atom. The zero-order valence-electron chi connectivity index (χ0n) is 16.7. The van der Waals surface area contributed by atoms with Crippen LogP contribution in [0.4, 0.5) is 0 Å². The van der Waals surface area contributed by atoms with Gasteiger partial charge in [-0.1, -0.05) is 55.4 Å². The van der Waals surface area contributed by atoms with Gasteiger partial charge in [0.25, 0.3) is 5.89 Å². The van der Waals surface area contributed by atoms with Crippen LogP contribution in [0, 0.1) is 11.8 Å². The van der Waals surface area contributed by atoms with Crippen LogP contribution in [0.3, 0.4) is 0 Å². The molecule has 0 bridgehead atoms. The Kier molecular flexibility index (Phi) is 5.45. The quantitative estimate of drug-likeness (QED) is 0.653. The minimum Gasteiger partial charge on any atom is -0.481 e. The average Bonchev–Trinajstić information content (AvgIpc) is 3.15. The number of rotatable bonds is 7. The van der Waals surface area contributed by atoms with Crippen LogP contribution in [0.15, 0.2) is 53.1 Å². The fraction of sp³-hybridized carbons (Fsp3) is 0.348. The van der Waals surface area contributed by atoms with Crippen LogP contribution in [0.5, 0.6) is 0 Å². The van der Waals surface area contributed by atoms with Gasteiger partial charge in [0.1, 0.15) is 0 Å². The molecule has 0 atom stereocenters. The second-order valence-corrected chi connectivity index (χ2v) is 8.14. The fourth-order valence-electron chi connectivity index (χ4n) is 3.59. The number of aromatic nitrogens is 2. The molecule has 0 unspecified atom stereocenters. The molecule has 0 radical (unpaired) electrons. The minimum absolute atomic E-state index is 0.231. The first-order valence-corrected chi connectivity index (χ1v) is 9.95. The SMILES string of the molecule is CC(C)Cc1ccc(-c2noc(-c3ccc(CN4CC(C(=O)O)C4)cc3)n2)cc1. The van der Waals surface area contributed by atoms with E-state index in [0.29, 0.717) is 30.7 Å². The highest BCUT2D eigenvalue weighted by atomic mass is 16.5. The van der Waals surface area contributed by atoms with E-state index in [-0.39, 0.29) is 5.92 Å². The van der Waals surface area contributed by atoms with E-state index in [2.05, 4.69) is 41.0 Å². The molecule has 0 spiro atoms. The molecule has 6 heteroatoms. The maximum atomic E-state index is 10.9. The molecule has 4 rings (SSSR count). The third-order valence-electron chi connectivity index (χ3n) is 5.20. The minimum atomic E-state index is -0.710. The molecule has 0 aliphatic carbocycles. The number of carboxylic acid groups (broad SMARTS) is 1. The smallest absolute Gasteiger partial charge is 0.309 e. The predicted octanol–water partition coefficient (Wildman–Crippen LogP) is 4.12. The summed E-state index contributed by atoms with van der Waals surface area (Å²) in [4.78, 5) is 17.6. The van der Waals surface area contributed by atoms with Crippen molar-refractivity contribution in [2.45, 2.75) is 26.8 Å². The molecule has 2 heterocycles. The normalized spacial score (nSPS) is 14.9. The van der Waals surface area contributed by atoms with Crippen LogP contribution in [0.25, 0.3) is 22.8 Å². The largest absolute Gasteiger partial charge is 0.481 e. The van der Waals surface area contributed by atoms with Gasteiger partial charge in [0.2, 0.25) is 5.82 Å². The molecule has 3 aromatic rings. The summed E-state index contributed by atoms with van der Waals surface area (Å²) in [6.45, 7) is 6.39. The summed E-state index contributed by atoms with van der Waals surface area (Å²) in [5.74, 6) is 0.761. The summed E-state index contributed by atoms with van der Waals surface area (Å²) < 4.78 is 5.46. The van der Waals surface area contributed by atoms with Crippen molar-refractivity contribution in [1.82, 2.24) is 15.0 Å². The first-order chi connectivity index (χ1) is 14.0. The fourth-order valence-corrected chi connectivity index (χ4v) is 3.59. The topological polar surface area (TPSA) is 79.5 Å². The second-order valence-electron chi connectivity index (χ2n) is 8.14. The standard InChI is InChI=1S/C23H25N3O3/c1-15(2)11-16-3-7-18(8-4-16)21-24-22(29-25-21)19-9-5-17(6-10-19)12-26-13-20(14-26)23(27)28/h3-10,15,20H,11-14H2,1-2H3,(H,27,28). The van der Waals surface area contributed by atoms with E-state index in [9.17, 15) is 4.79 Å². The van der Waals surface area contributed by atoms with Crippen LogP contribution in [0.2, 0.25) is 0 Å². The van der Waals surface area contributed by atoms with Crippen molar-refractivity contribution in [3.05, 3.63) is 59.7 Å². The van der Waals surface area contributed by atoms with Crippen LogP contribution >= 0.6 is 0 Å². The third-order valence-corrected chi connectivity index (χ3v) is 5.20. The number of benzene rings is 2. The van der Waals surface area contributed by atoms with Crippen molar-refractivity contribution in [2.24, 2.45) is 11.8 Å². The maximum Gasteiger partial charge on any atom is 0.309 e. The zero-order chi connectivity index (χ0) is 20.4. The molecule has 1 N–H and O–H groups in total. The summed E-state index contributed by atoms with van der Waals surface area (Å²) in [6.07, 6.45) is 1.05. The highest BCUT2D eigenvalue weighted by Crippen LogP contribution is 2.24. The van der Waals surface area contributed by atoms with E-state index in [1.165, 1.54) is 5.56 Å². The summed E-state index contributed by atoms with van der Waals surface area (Å²) in [7, 11) is 0. The van der Waals surface area contributed by atoms with Gasteiger partial charge in [-0.15, -0.1) is 0 Å². The van der Waals surface area contributed by atoms with Crippen molar-refractivity contribution in [3.63, 3.8) is 0 Å². The first-order valence-electron chi connectivity index (χ1n) is 9.95. The van der Waals surface area contributed by atoms with Crippen LogP contribution in [-0.4, -0.2) is 39.2 Å². The average molecular weight is 391 g/mol. The Bertz CT molecular complexity index is 971. The van der Waals surface area contributed by atoms with Crippen molar-refractivity contribution < 1.29 is 14.4 Å². The molecule has 1 aliphatic rings. The molecule has 0 amide bonds. The summed E-state index contributed by atoms with van der Waals surface area (Å²) in [5.41, 5.74) is 4.25. The zero-order valence-corrected chi connectivity index (χ0v) is 16.7. The molecule has 1 saturated heterocycles. The van der Waals surface area contributed by atoms with E-state index in [4.69, 9.17) is 9.63 Å². The lowest BCUT2D eigenvalue weighted by Gasteiger charge is -2.36. The highest BCUT2D eigenvalue weighted by molar-refractivity contribution is 5.71. The monoisotopic (exact) mass is 391 g/mol. The number of likely N-dealkylation sites (tertiary alicyclic amines) is 1. The summed E-state index contributed by atoms with van der Waals surface area (Å²) in [6, 6.07) is 16.3. The molecule has 2 aromatic carbocycles. The molecule has 6 nitrogen and oxygen atoms in total. The number of hydrogen-bond acceptors (Lipinski definition) is 5. The van der Waals surface area contributed by atoms with Crippen molar-refractivity contribution in [1.29, 1.82) is 0 Å². The molecule has 1 aromatic heterocycles. The van der Waals surface area contributed by atoms with Gasteiger partial charge in [-0.25, -0.2) is 0 Å². The van der Waals surface area contributed by atoms with Crippen molar-refractivity contribution in [3.8, 4) is 22.8 Å². The van der Waals surface area contributed by atoms with Gasteiger partial charge in [-0.05, 0) is 35.6 Å². The van der Waals surface area contributed by atoms with Gasteiger partial charge in [0.15, 0.2) is 0 Å². The molecular formula is C23H25N3O3. The summed E-state index contributed by atoms with van der Waals surface area (Å²) in [5, 5.41) is 13.1. The highest BCUT2D eigenvalue weighted by Gasteiger charge is 2.32. The first kappa shape index (κ1) is 19.3. The number of aliphatic carboxylic acids is 1. The van der Waals surface area contributed by atoms with Crippen molar-refractivity contribution in [2.75, 3.05) is 13.1 Å².